The van der Waals surface area contributed by atoms with Crippen molar-refractivity contribution in [3.8, 4) is 5.75 Å². The number of nitrogens with one attached hydrogen (secondary N) is 1. The standard InChI is InChI=1S/C28H23N5OS/c1-2-7-19(8-3-1)15-32-14-13-22-24(16-32)35-28-26(22)27-30-25(31-33(27)18-29-28)17-34-23-12-6-10-20-9-4-5-11-21(20)23/h1-12,18H,13-17H2/p+1. The zero-order valence-electron chi connectivity index (χ0n) is 19.1. The van der Waals surface area contributed by atoms with E-state index in [9.17, 15) is 0 Å². The Kier molecular flexibility index (Phi) is 4.96. The van der Waals surface area contributed by atoms with Gasteiger partial charge < -0.3 is 9.64 Å². The van der Waals surface area contributed by atoms with Crippen molar-refractivity contribution in [3.05, 3.63) is 101 Å². The molecule has 3 aromatic heterocycles. The van der Waals surface area contributed by atoms with Gasteiger partial charge in [-0.2, -0.15) is 0 Å². The molecular weight excluding hydrogens is 454 g/mol. The van der Waals surface area contributed by atoms with Crippen LogP contribution in [0.15, 0.2) is 79.1 Å². The summed E-state index contributed by atoms with van der Waals surface area (Å²) in [5.74, 6) is 1.51. The van der Waals surface area contributed by atoms with Crippen LogP contribution in [0.4, 0.5) is 0 Å². The second-order valence-electron chi connectivity index (χ2n) is 9.08. The number of fused-ring (bicyclic) bond motifs is 6. The van der Waals surface area contributed by atoms with Crippen molar-refractivity contribution in [1.29, 1.82) is 0 Å². The Bertz CT molecular complexity index is 1670. The number of quaternary nitrogens is 1. The highest BCUT2D eigenvalue weighted by atomic mass is 32.1. The van der Waals surface area contributed by atoms with Crippen LogP contribution in [0.5, 0.6) is 5.75 Å². The topological polar surface area (TPSA) is 56.8 Å². The maximum absolute atomic E-state index is 6.15. The molecule has 7 heteroatoms. The first-order valence-corrected chi connectivity index (χ1v) is 12.8. The van der Waals surface area contributed by atoms with Crippen molar-refractivity contribution in [2.45, 2.75) is 26.1 Å². The minimum Gasteiger partial charge on any atom is -0.485 e. The first kappa shape index (κ1) is 20.6. The highest BCUT2D eigenvalue weighted by molar-refractivity contribution is 7.19. The van der Waals surface area contributed by atoms with Crippen LogP contribution >= 0.6 is 11.3 Å². The molecule has 1 aliphatic rings. The number of hydrogen-bond donors (Lipinski definition) is 1. The van der Waals surface area contributed by atoms with Crippen LogP contribution in [0.1, 0.15) is 21.8 Å². The molecule has 1 unspecified atom stereocenters. The van der Waals surface area contributed by atoms with Crippen molar-refractivity contribution in [2.75, 3.05) is 6.54 Å². The highest BCUT2D eigenvalue weighted by Crippen LogP contribution is 2.33. The van der Waals surface area contributed by atoms with E-state index in [4.69, 9.17) is 14.7 Å². The fraction of sp³-hybridized carbons (Fsp3) is 0.179. The van der Waals surface area contributed by atoms with Gasteiger partial charge in [0.05, 0.1) is 16.8 Å². The van der Waals surface area contributed by atoms with Gasteiger partial charge in [-0.05, 0) is 17.0 Å². The van der Waals surface area contributed by atoms with Gasteiger partial charge >= 0.3 is 0 Å². The Labute approximate surface area is 206 Å². The van der Waals surface area contributed by atoms with E-state index in [-0.39, 0.29) is 0 Å². The van der Waals surface area contributed by atoms with E-state index in [1.54, 1.807) is 27.1 Å². The molecule has 0 spiro atoms. The first-order chi connectivity index (χ1) is 17.3. The van der Waals surface area contributed by atoms with Crippen molar-refractivity contribution in [2.24, 2.45) is 0 Å². The molecule has 0 bridgehead atoms. The van der Waals surface area contributed by atoms with Crippen LogP contribution < -0.4 is 9.64 Å². The fourth-order valence-electron chi connectivity index (χ4n) is 5.13. The predicted octanol–water partition coefficient (Wildman–Crippen LogP) is 4.21. The average molecular weight is 479 g/mol. The van der Waals surface area contributed by atoms with Crippen molar-refractivity contribution in [3.63, 3.8) is 0 Å². The van der Waals surface area contributed by atoms with Gasteiger partial charge in [-0.3, -0.25) is 0 Å². The second-order valence-corrected chi connectivity index (χ2v) is 10.2. The molecule has 0 amide bonds. The van der Waals surface area contributed by atoms with Gasteiger partial charge in [0.2, 0.25) is 0 Å². The van der Waals surface area contributed by atoms with Gasteiger partial charge in [0, 0.05) is 17.4 Å². The third kappa shape index (κ3) is 3.73. The molecule has 172 valence electrons. The number of benzene rings is 3. The first-order valence-electron chi connectivity index (χ1n) is 11.9. The minimum atomic E-state index is 0.318. The Morgan fingerprint density at radius 3 is 2.77 bits per heavy atom. The summed E-state index contributed by atoms with van der Waals surface area (Å²) in [6.45, 7) is 3.51. The molecule has 0 aliphatic carbocycles. The van der Waals surface area contributed by atoms with Crippen molar-refractivity contribution >= 4 is 38.0 Å². The largest absolute Gasteiger partial charge is 0.485 e. The summed E-state index contributed by atoms with van der Waals surface area (Å²) >= 11 is 1.81. The summed E-state index contributed by atoms with van der Waals surface area (Å²) in [6, 6.07) is 25.1. The van der Waals surface area contributed by atoms with E-state index in [0.29, 0.717) is 12.4 Å². The molecule has 3 aromatic carbocycles. The van der Waals surface area contributed by atoms with Crippen LogP contribution in [-0.4, -0.2) is 26.1 Å². The highest BCUT2D eigenvalue weighted by Gasteiger charge is 2.26. The van der Waals surface area contributed by atoms with Crippen LogP contribution in [0.2, 0.25) is 0 Å². The Morgan fingerprint density at radius 1 is 0.971 bits per heavy atom. The Balaban J connectivity index is 1.17. The van der Waals surface area contributed by atoms with E-state index >= 15 is 0 Å². The van der Waals surface area contributed by atoms with Crippen LogP contribution in [0.25, 0.3) is 26.6 Å². The zero-order valence-corrected chi connectivity index (χ0v) is 20.0. The van der Waals surface area contributed by atoms with E-state index in [0.717, 1.165) is 58.4 Å². The third-order valence-corrected chi connectivity index (χ3v) is 7.94. The van der Waals surface area contributed by atoms with Crippen molar-refractivity contribution < 1.29 is 9.64 Å². The maximum Gasteiger partial charge on any atom is 0.189 e. The number of thiophene rings is 1. The van der Waals surface area contributed by atoms with Gasteiger partial charge in [-0.15, -0.1) is 16.4 Å². The molecule has 0 fully saturated rings. The quantitative estimate of drug-likeness (QED) is 0.403. The van der Waals surface area contributed by atoms with Crippen molar-refractivity contribution in [1.82, 2.24) is 19.6 Å². The van der Waals surface area contributed by atoms with E-state index in [1.165, 1.54) is 16.0 Å². The second kappa shape index (κ2) is 8.45. The summed E-state index contributed by atoms with van der Waals surface area (Å²) in [5, 5.41) is 8.09. The minimum absolute atomic E-state index is 0.318. The summed E-state index contributed by atoms with van der Waals surface area (Å²) in [7, 11) is 0. The smallest absolute Gasteiger partial charge is 0.189 e. The molecule has 6 aromatic rings. The molecular formula is C28H24N5OS+. The lowest BCUT2D eigenvalue weighted by Gasteiger charge is -2.24. The average Bonchev–Trinajstić information content (AvgIpc) is 3.48. The van der Waals surface area contributed by atoms with Crippen LogP contribution in [0, 0.1) is 0 Å². The van der Waals surface area contributed by atoms with Gasteiger partial charge in [0.1, 0.15) is 36.6 Å². The SMILES string of the molecule is c1ccc(C[NH+]2CCc3c(sc4ncn5nc(COc6cccc7ccccc67)nc5c34)C2)cc1. The van der Waals surface area contributed by atoms with Gasteiger partial charge in [-0.25, -0.2) is 14.5 Å². The summed E-state index contributed by atoms with van der Waals surface area (Å²) in [6.07, 6.45) is 2.82. The molecule has 6 nitrogen and oxygen atoms in total. The molecule has 1 atom stereocenters. The summed E-state index contributed by atoms with van der Waals surface area (Å²) in [5.41, 5.74) is 3.67. The summed E-state index contributed by atoms with van der Waals surface area (Å²) < 4.78 is 7.96. The molecule has 7 rings (SSSR count). The molecule has 0 saturated carbocycles. The van der Waals surface area contributed by atoms with E-state index < -0.39 is 0 Å². The molecule has 1 aliphatic heterocycles. The number of nitrogens with zero attached hydrogens (tertiary/aromatic N) is 4. The molecule has 35 heavy (non-hydrogen) atoms. The van der Waals surface area contributed by atoms with Crippen LogP contribution in [0.3, 0.4) is 0 Å². The lowest BCUT2D eigenvalue weighted by Crippen LogP contribution is -3.10. The maximum atomic E-state index is 6.15. The lowest BCUT2D eigenvalue weighted by molar-refractivity contribution is -0.929. The van der Waals surface area contributed by atoms with E-state index in [2.05, 4.69) is 53.6 Å². The fourth-order valence-corrected chi connectivity index (χ4v) is 6.38. The monoisotopic (exact) mass is 478 g/mol. The third-order valence-electron chi connectivity index (χ3n) is 6.80. The number of hydrogen-bond acceptors (Lipinski definition) is 5. The van der Waals surface area contributed by atoms with Gasteiger partial charge in [-0.1, -0.05) is 66.7 Å². The molecule has 4 heterocycles. The molecule has 0 radical (unpaired) electrons. The number of rotatable bonds is 5. The van der Waals surface area contributed by atoms with Gasteiger partial charge in [0.25, 0.3) is 0 Å². The number of ether oxygens (including phenoxy) is 1. The van der Waals surface area contributed by atoms with Gasteiger partial charge in [0.15, 0.2) is 11.5 Å². The molecule has 1 N–H and O–H groups in total. The lowest BCUT2D eigenvalue weighted by atomic mass is 10.0. The molecule has 0 saturated heterocycles. The summed E-state index contributed by atoms with van der Waals surface area (Å²) in [4.78, 5) is 13.7. The Hall–Kier alpha value is -3.81. The Morgan fingerprint density at radius 2 is 1.83 bits per heavy atom. The van der Waals surface area contributed by atoms with Crippen LogP contribution in [-0.2, 0) is 26.1 Å². The predicted molar refractivity (Wildman–Crippen MR) is 138 cm³/mol. The number of aromatic nitrogens is 4. The van der Waals surface area contributed by atoms with E-state index in [1.807, 2.05) is 24.3 Å². The normalized spacial score (nSPS) is 15.6. The zero-order chi connectivity index (χ0) is 23.2.